The van der Waals surface area contributed by atoms with Crippen LogP contribution in [0.25, 0.3) is 0 Å². The molecule has 0 bridgehead atoms. The van der Waals surface area contributed by atoms with Crippen molar-refractivity contribution in [2.45, 2.75) is 19.9 Å². The summed E-state index contributed by atoms with van der Waals surface area (Å²) in [4.78, 5) is 42.7. The lowest BCUT2D eigenvalue weighted by atomic mass is 10.1. The Morgan fingerprint density at radius 3 is 2.58 bits per heavy atom. The Labute approximate surface area is 137 Å². The molecule has 0 aromatic carbocycles. The van der Waals surface area contributed by atoms with Crippen molar-refractivity contribution in [2.24, 2.45) is 10.7 Å². The van der Waals surface area contributed by atoms with E-state index in [-0.39, 0.29) is 0 Å². The van der Waals surface area contributed by atoms with Crippen LogP contribution < -0.4 is 5.73 Å². The molecule has 1 saturated heterocycles. The zero-order valence-electron chi connectivity index (χ0n) is 13.8. The smallest absolute Gasteiger partial charge is 0.368 e. The first kappa shape index (κ1) is 15.8. The van der Waals surface area contributed by atoms with Crippen molar-refractivity contribution in [3.8, 4) is 0 Å². The highest BCUT2D eigenvalue weighted by molar-refractivity contribution is 6.23. The molecule has 0 spiro atoms. The van der Waals surface area contributed by atoms with E-state index in [0.29, 0.717) is 11.8 Å². The van der Waals surface area contributed by atoms with E-state index in [1.165, 1.54) is 11.9 Å². The molecular formula is C14H18N7O3+. The summed E-state index contributed by atoms with van der Waals surface area (Å²) in [5.41, 5.74) is 6.81. The summed E-state index contributed by atoms with van der Waals surface area (Å²) in [5.74, 6) is -0.547. The van der Waals surface area contributed by atoms with Gasteiger partial charge >= 0.3 is 12.0 Å². The van der Waals surface area contributed by atoms with Crippen molar-refractivity contribution in [3.63, 3.8) is 0 Å². The number of aromatic nitrogens is 2. The molecule has 1 fully saturated rings. The van der Waals surface area contributed by atoms with Gasteiger partial charge in [0.05, 0.1) is 12.7 Å². The summed E-state index contributed by atoms with van der Waals surface area (Å²) in [6, 6.07) is 0.460. The van der Waals surface area contributed by atoms with Crippen LogP contribution in [0, 0.1) is 13.8 Å². The van der Waals surface area contributed by atoms with Gasteiger partial charge in [0, 0.05) is 7.05 Å². The molecule has 0 radical (unpaired) electrons. The summed E-state index contributed by atoms with van der Waals surface area (Å²) in [5, 5.41) is 4.37. The van der Waals surface area contributed by atoms with E-state index in [1.54, 1.807) is 16.3 Å². The second kappa shape index (κ2) is 5.25. The third-order valence-electron chi connectivity index (χ3n) is 4.04. The Morgan fingerprint density at radius 2 is 2.04 bits per heavy atom. The Kier molecular flexibility index (Phi) is 3.47. The van der Waals surface area contributed by atoms with Crippen molar-refractivity contribution in [1.82, 2.24) is 19.6 Å². The third kappa shape index (κ3) is 2.18. The van der Waals surface area contributed by atoms with Gasteiger partial charge in [0.2, 0.25) is 17.8 Å². The number of rotatable bonds is 2. The average Bonchev–Trinajstić information content (AvgIpc) is 3.00. The first-order chi connectivity index (χ1) is 11.2. The Bertz CT molecular complexity index is 835. The highest BCUT2D eigenvalue weighted by atomic mass is 16.2. The van der Waals surface area contributed by atoms with Gasteiger partial charge in [-0.3, -0.25) is 19.4 Å². The second-order valence-electron chi connectivity index (χ2n) is 5.85. The van der Waals surface area contributed by atoms with Crippen LogP contribution in [-0.4, -0.2) is 80.5 Å². The van der Waals surface area contributed by atoms with Gasteiger partial charge in [-0.05, 0) is 19.9 Å². The first-order valence-electron chi connectivity index (χ1n) is 7.31. The fourth-order valence-electron chi connectivity index (χ4n) is 2.92. The predicted octanol–water partition coefficient (Wildman–Crippen LogP) is -1.49. The van der Waals surface area contributed by atoms with E-state index in [0.717, 1.165) is 16.3 Å². The summed E-state index contributed by atoms with van der Waals surface area (Å²) < 4.78 is 3.25. The maximum atomic E-state index is 12.7. The zero-order valence-corrected chi connectivity index (χ0v) is 13.8. The number of carbonyl (C=O) groups is 3. The van der Waals surface area contributed by atoms with Gasteiger partial charge in [-0.2, -0.15) is 0 Å². The molecule has 10 nitrogen and oxygen atoms in total. The number of imide groups is 1. The van der Waals surface area contributed by atoms with Crippen LogP contribution in [0.5, 0.6) is 0 Å². The maximum Gasteiger partial charge on any atom is 0.421 e. The number of amidine groups is 1. The largest absolute Gasteiger partial charge is 0.421 e. The summed E-state index contributed by atoms with van der Waals surface area (Å²) in [6.45, 7) is 3.27. The normalized spacial score (nSPS) is 20.7. The first-order valence-corrected chi connectivity index (χ1v) is 7.31. The molecule has 1 unspecified atom stereocenters. The Hall–Kier alpha value is -3.04. The van der Waals surface area contributed by atoms with Crippen LogP contribution in [0.3, 0.4) is 0 Å². The molecule has 3 rings (SSSR count). The van der Waals surface area contributed by atoms with E-state index in [1.807, 2.05) is 19.9 Å². The van der Waals surface area contributed by atoms with Crippen molar-refractivity contribution < 1.29 is 19.0 Å². The van der Waals surface area contributed by atoms with E-state index < -0.39 is 30.4 Å². The number of likely N-dealkylation sites (N-methyl/N-ethyl adjacent to an activating group) is 2. The van der Waals surface area contributed by atoms with Crippen LogP contribution in [-0.2, 0) is 9.59 Å². The fourth-order valence-corrected chi connectivity index (χ4v) is 2.92. The minimum atomic E-state index is -0.800. The number of primary amides is 1. The molecule has 126 valence electrons. The number of hydrogen-bond donors (Lipinski definition) is 1. The number of urea groups is 1. The number of aryl methyl sites for hydroxylation is 2. The zero-order chi connectivity index (χ0) is 17.8. The molecule has 1 atom stereocenters. The lowest BCUT2D eigenvalue weighted by molar-refractivity contribution is -0.507. The summed E-state index contributed by atoms with van der Waals surface area (Å²) >= 11 is 0. The number of nitrogens with two attached hydrogens (primary N) is 1. The SMILES string of the molecule is Cc1cc(C)n(C2=[N+](C)C3C(=O)N(CC(N)=O)C(=O)N(C)C3=N2)n1. The molecular weight excluding hydrogens is 314 g/mol. The van der Waals surface area contributed by atoms with Gasteiger partial charge in [-0.15, -0.1) is 9.78 Å². The van der Waals surface area contributed by atoms with Crippen LogP contribution in [0.15, 0.2) is 11.1 Å². The molecule has 2 aliphatic rings. The van der Waals surface area contributed by atoms with Gasteiger partial charge in [0.25, 0.3) is 5.91 Å². The highest BCUT2D eigenvalue weighted by Crippen LogP contribution is 2.19. The summed E-state index contributed by atoms with van der Waals surface area (Å²) in [7, 11) is 3.20. The van der Waals surface area contributed by atoms with Crippen molar-refractivity contribution >= 4 is 29.6 Å². The molecule has 3 heterocycles. The van der Waals surface area contributed by atoms with E-state index >= 15 is 0 Å². The number of amides is 4. The predicted molar refractivity (Wildman–Crippen MR) is 83.6 cm³/mol. The molecule has 0 saturated carbocycles. The van der Waals surface area contributed by atoms with Crippen LogP contribution >= 0.6 is 0 Å². The quantitative estimate of drug-likeness (QED) is 0.664. The van der Waals surface area contributed by atoms with E-state index in [2.05, 4.69) is 10.1 Å². The summed E-state index contributed by atoms with van der Waals surface area (Å²) in [6.07, 6.45) is 0. The van der Waals surface area contributed by atoms with Gasteiger partial charge in [0.15, 0.2) is 0 Å². The molecule has 4 amide bonds. The Morgan fingerprint density at radius 1 is 1.38 bits per heavy atom. The topological polar surface area (TPSA) is 117 Å². The van der Waals surface area contributed by atoms with Gasteiger partial charge in [-0.25, -0.2) is 9.37 Å². The Balaban J connectivity index is 2.08. The standard InChI is InChI=1S/C14H17N7O3/c1-7-5-8(2)21(17-7)13-16-11-10(18(13)3)12(23)20(6-9(15)22)14(24)19(11)4/h5,10H,6H2,1-4H3,(H-,15,22)/p+1. The lowest BCUT2D eigenvalue weighted by Crippen LogP contribution is -2.63. The number of fused-ring (bicyclic) bond motifs is 1. The second-order valence-corrected chi connectivity index (χ2v) is 5.85. The van der Waals surface area contributed by atoms with Crippen LogP contribution in [0.1, 0.15) is 11.4 Å². The number of aliphatic imine (C=N–C) groups is 1. The van der Waals surface area contributed by atoms with E-state index in [9.17, 15) is 14.4 Å². The molecule has 1 aromatic heterocycles. The van der Waals surface area contributed by atoms with Crippen LogP contribution in [0.2, 0.25) is 0 Å². The molecule has 24 heavy (non-hydrogen) atoms. The van der Waals surface area contributed by atoms with Crippen molar-refractivity contribution in [3.05, 3.63) is 17.5 Å². The number of nitrogens with zero attached hydrogens (tertiary/aromatic N) is 6. The van der Waals surface area contributed by atoms with Gasteiger partial charge < -0.3 is 5.73 Å². The van der Waals surface area contributed by atoms with Crippen molar-refractivity contribution in [2.75, 3.05) is 20.6 Å². The minimum absolute atomic E-state index is 0.302. The van der Waals surface area contributed by atoms with Gasteiger partial charge in [0.1, 0.15) is 12.2 Å². The van der Waals surface area contributed by atoms with E-state index in [4.69, 9.17) is 5.73 Å². The number of hydrogen-bond acceptors (Lipinski definition) is 5. The number of carbonyl (C=O) groups excluding carboxylic acids is 3. The molecule has 1 aromatic rings. The molecule has 2 N–H and O–H groups in total. The minimum Gasteiger partial charge on any atom is -0.368 e. The van der Waals surface area contributed by atoms with Gasteiger partial charge in [-0.1, -0.05) is 4.99 Å². The average molecular weight is 332 g/mol. The fraction of sp³-hybridized carbons (Fsp3) is 0.429. The highest BCUT2D eigenvalue weighted by Gasteiger charge is 2.52. The molecule has 0 aliphatic carbocycles. The lowest BCUT2D eigenvalue weighted by Gasteiger charge is -2.32. The molecule has 10 heteroatoms. The maximum absolute atomic E-state index is 12.7. The monoisotopic (exact) mass is 332 g/mol. The van der Waals surface area contributed by atoms with Crippen molar-refractivity contribution in [1.29, 1.82) is 0 Å². The molecule has 2 aliphatic heterocycles. The third-order valence-corrected chi connectivity index (χ3v) is 4.04. The van der Waals surface area contributed by atoms with Crippen LogP contribution in [0.4, 0.5) is 4.79 Å².